The van der Waals surface area contributed by atoms with Gasteiger partial charge in [-0.15, -0.1) is 0 Å². The van der Waals surface area contributed by atoms with E-state index in [1.165, 1.54) is 0 Å². The number of ether oxygens (including phenoxy) is 1. The lowest BCUT2D eigenvalue weighted by molar-refractivity contribution is -0.00862. The zero-order chi connectivity index (χ0) is 13.7. The summed E-state index contributed by atoms with van der Waals surface area (Å²) < 4.78 is 5.47. The van der Waals surface area contributed by atoms with Gasteiger partial charge in [0.25, 0.3) is 5.91 Å². The minimum atomic E-state index is -0.0597. The van der Waals surface area contributed by atoms with Crippen LogP contribution >= 0.6 is 0 Å². The Morgan fingerprint density at radius 3 is 2.79 bits per heavy atom. The van der Waals surface area contributed by atoms with Gasteiger partial charge in [-0.3, -0.25) is 4.79 Å². The van der Waals surface area contributed by atoms with E-state index in [9.17, 15) is 4.79 Å². The summed E-state index contributed by atoms with van der Waals surface area (Å²) in [5.41, 5.74) is 0.599. The molecule has 0 aromatic carbocycles. The van der Waals surface area contributed by atoms with Gasteiger partial charge < -0.3 is 15.4 Å². The Labute approximate surface area is 113 Å². The highest BCUT2D eigenvalue weighted by atomic mass is 16.5. The van der Waals surface area contributed by atoms with E-state index in [4.69, 9.17) is 4.74 Å². The Morgan fingerprint density at radius 1 is 1.42 bits per heavy atom. The first-order valence-electron chi connectivity index (χ1n) is 6.85. The molecule has 2 N–H and O–H groups in total. The molecular weight excluding hydrogens is 242 g/mol. The molecule has 0 atom stereocenters. The molecule has 0 radical (unpaired) electrons. The summed E-state index contributed by atoms with van der Waals surface area (Å²) in [5, 5.41) is 6.09. The summed E-state index contributed by atoms with van der Waals surface area (Å²) in [5.74, 6) is 0.731. The van der Waals surface area contributed by atoms with E-state index in [0.29, 0.717) is 11.7 Å². The predicted octanol–water partition coefficient (Wildman–Crippen LogP) is 1.81. The fourth-order valence-corrected chi connectivity index (χ4v) is 2.14. The highest BCUT2D eigenvalue weighted by Gasteiger charge is 2.30. The van der Waals surface area contributed by atoms with E-state index in [0.717, 1.165) is 31.8 Å². The van der Waals surface area contributed by atoms with Gasteiger partial charge in [0, 0.05) is 25.4 Å². The molecule has 1 heterocycles. The number of anilines is 1. The SMILES string of the molecule is CCNc1ccc(C(=O)NC2CC(OCC)C2)cn1. The fourth-order valence-electron chi connectivity index (χ4n) is 2.14. The molecule has 1 aliphatic carbocycles. The van der Waals surface area contributed by atoms with Crippen molar-refractivity contribution in [3.63, 3.8) is 0 Å². The summed E-state index contributed by atoms with van der Waals surface area (Å²) in [6.45, 7) is 5.55. The standard InChI is InChI=1S/C14H21N3O2/c1-3-15-13-6-5-10(9-16-13)14(18)17-11-7-12(8-11)19-4-2/h5-6,9,11-12H,3-4,7-8H2,1-2H3,(H,15,16)(H,17,18). The molecular formula is C14H21N3O2. The maximum absolute atomic E-state index is 12.0. The quantitative estimate of drug-likeness (QED) is 0.821. The molecule has 1 fully saturated rings. The van der Waals surface area contributed by atoms with E-state index in [1.54, 1.807) is 12.3 Å². The van der Waals surface area contributed by atoms with Crippen LogP contribution in [-0.2, 0) is 4.74 Å². The van der Waals surface area contributed by atoms with Gasteiger partial charge in [-0.1, -0.05) is 0 Å². The zero-order valence-corrected chi connectivity index (χ0v) is 11.5. The number of nitrogens with zero attached hydrogens (tertiary/aromatic N) is 1. The Bertz CT molecular complexity index is 413. The molecule has 5 heteroatoms. The topological polar surface area (TPSA) is 63.2 Å². The number of carbonyl (C=O) groups excluding carboxylic acids is 1. The zero-order valence-electron chi connectivity index (χ0n) is 11.5. The maximum Gasteiger partial charge on any atom is 0.253 e. The van der Waals surface area contributed by atoms with Crippen LogP contribution in [0.25, 0.3) is 0 Å². The number of aromatic nitrogens is 1. The molecule has 104 valence electrons. The van der Waals surface area contributed by atoms with Gasteiger partial charge in [0.2, 0.25) is 0 Å². The number of carbonyl (C=O) groups is 1. The molecule has 1 aromatic heterocycles. The minimum Gasteiger partial charge on any atom is -0.378 e. The van der Waals surface area contributed by atoms with Gasteiger partial charge in [0.1, 0.15) is 5.82 Å². The lowest BCUT2D eigenvalue weighted by Gasteiger charge is -2.35. The van der Waals surface area contributed by atoms with Crippen LogP contribution < -0.4 is 10.6 Å². The normalized spacial score (nSPS) is 21.6. The average molecular weight is 263 g/mol. The van der Waals surface area contributed by atoms with Gasteiger partial charge in [-0.25, -0.2) is 4.98 Å². The molecule has 0 bridgehead atoms. The number of amides is 1. The first-order valence-corrected chi connectivity index (χ1v) is 6.85. The molecule has 2 rings (SSSR count). The Balaban J connectivity index is 1.80. The predicted molar refractivity (Wildman–Crippen MR) is 74.3 cm³/mol. The number of nitrogens with one attached hydrogen (secondary N) is 2. The van der Waals surface area contributed by atoms with E-state index >= 15 is 0 Å². The van der Waals surface area contributed by atoms with Crippen molar-refractivity contribution in [3.05, 3.63) is 23.9 Å². The lowest BCUT2D eigenvalue weighted by atomic mass is 9.89. The van der Waals surface area contributed by atoms with Crippen LogP contribution in [0.15, 0.2) is 18.3 Å². The molecule has 1 aromatic rings. The Morgan fingerprint density at radius 2 is 2.21 bits per heavy atom. The molecule has 1 saturated carbocycles. The van der Waals surface area contributed by atoms with E-state index in [1.807, 2.05) is 19.9 Å². The molecule has 0 spiro atoms. The van der Waals surface area contributed by atoms with Crippen molar-refractivity contribution in [3.8, 4) is 0 Å². The van der Waals surface area contributed by atoms with Crippen molar-refractivity contribution in [2.24, 2.45) is 0 Å². The third kappa shape index (κ3) is 3.67. The third-order valence-electron chi connectivity index (χ3n) is 3.22. The third-order valence-corrected chi connectivity index (χ3v) is 3.22. The molecule has 1 aliphatic rings. The molecule has 0 saturated heterocycles. The van der Waals surface area contributed by atoms with Crippen molar-refractivity contribution in [1.82, 2.24) is 10.3 Å². The summed E-state index contributed by atoms with van der Waals surface area (Å²) in [6, 6.07) is 3.85. The number of rotatable bonds is 6. The van der Waals surface area contributed by atoms with Crippen molar-refractivity contribution < 1.29 is 9.53 Å². The lowest BCUT2D eigenvalue weighted by Crippen LogP contribution is -2.47. The summed E-state index contributed by atoms with van der Waals surface area (Å²) in [6.07, 6.45) is 3.72. The van der Waals surface area contributed by atoms with Crippen LogP contribution in [-0.4, -0.2) is 36.2 Å². The second-order valence-corrected chi connectivity index (χ2v) is 4.68. The Kier molecular flexibility index (Phi) is 4.74. The van der Waals surface area contributed by atoms with Crippen LogP contribution in [0.4, 0.5) is 5.82 Å². The second kappa shape index (κ2) is 6.52. The Hall–Kier alpha value is -1.62. The van der Waals surface area contributed by atoms with Crippen LogP contribution in [0, 0.1) is 0 Å². The van der Waals surface area contributed by atoms with Gasteiger partial charge in [0.05, 0.1) is 11.7 Å². The van der Waals surface area contributed by atoms with Gasteiger partial charge in [-0.2, -0.15) is 0 Å². The maximum atomic E-state index is 12.0. The van der Waals surface area contributed by atoms with Gasteiger partial charge >= 0.3 is 0 Å². The molecule has 5 nitrogen and oxygen atoms in total. The van der Waals surface area contributed by atoms with Crippen molar-refractivity contribution in [1.29, 1.82) is 0 Å². The molecule has 0 unspecified atom stereocenters. The van der Waals surface area contributed by atoms with Crippen molar-refractivity contribution in [2.75, 3.05) is 18.5 Å². The van der Waals surface area contributed by atoms with E-state index in [2.05, 4.69) is 15.6 Å². The van der Waals surface area contributed by atoms with E-state index < -0.39 is 0 Å². The minimum absolute atomic E-state index is 0.0597. The first kappa shape index (κ1) is 13.8. The largest absolute Gasteiger partial charge is 0.378 e. The van der Waals surface area contributed by atoms with E-state index in [-0.39, 0.29) is 11.9 Å². The molecule has 1 amide bonds. The van der Waals surface area contributed by atoms with Crippen molar-refractivity contribution >= 4 is 11.7 Å². The van der Waals surface area contributed by atoms with Gasteiger partial charge in [-0.05, 0) is 38.8 Å². The second-order valence-electron chi connectivity index (χ2n) is 4.68. The molecule has 0 aliphatic heterocycles. The molecule has 19 heavy (non-hydrogen) atoms. The summed E-state index contributed by atoms with van der Waals surface area (Å²) in [7, 11) is 0. The van der Waals surface area contributed by atoms with Crippen LogP contribution in [0.3, 0.4) is 0 Å². The monoisotopic (exact) mass is 263 g/mol. The van der Waals surface area contributed by atoms with Crippen LogP contribution in [0.1, 0.15) is 37.0 Å². The van der Waals surface area contributed by atoms with Gasteiger partial charge in [0.15, 0.2) is 0 Å². The smallest absolute Gasteiger partial charge is 0.253 e. The van der Waals surface area contributed by atoms with Crippen LogP contribution in [0.5, 0.6) is 0 Å². The highest BCUT2D eigenvalue weighted by molar-refractivity contribution is 5.94. The number of pyridine rings is 1. The average Bonchev–Trinajstić information content (AvgIpc) is 2.37. The fraction of sp³-hybridized carbons (Fsp3) is 0.571. The number of hydrogen-bond acceptors (Lipinski definition) is 4. The summed E-state index contributed by atoms with van der Waals surface area (Å²) >= 11 is 0. The van der Waals surface area contributed by atoms with Crippen LogP contribution in [0.2, 0.25) is 0 Å². The highest BCUT2D eigenvalue weighted by Crippen LogP contribution is 2.23. The van der Waals surface area contributed by atoms with Crippen molar-refractivity contribution in [2.45, 2.75) is 38.8 Å². The first-order chi connectivity index (χ1) is 9.22. The number of hydrogen-bond donors (Lipinski definition) is 2. The summed E-state index contributed by atoms with van der Waals surface area (Å²) in [4.78, 5) is 16.2.